The van der Waals surface area contributed by atoms with Gasteiger partial charge in [-0.15, -0.1) is 0 Å². The molecule has 0 radical (unpaired) electrons. The molecule has 0 bridgehead atoms. The highest BCUT2D eigenvalue weighted by Crippen LogP contribution is 2.14. The van der Waals surface area contributed by atoms with Crippen LogP contribution in [0.5, 0.6) is 0 Å². The number of rotatable bonds is 6. The zero-order chi connectivity index (χ0) is 12.7. The van der Waals surface area contributed by atoms with E-state index in [9.17, 15) is 4.79 Å². The van der Waals surface area contributed by atoms with Crippen molar-refractivity contribution in [3.8, 4) is 0 Å². The molecule has 0 fully saturated rings. The maximum atomic E-state index is 11.1. The molecule has 0 spiro atoms. The summed E-state index contributed by atoms with van der Waals surface area (Å²) in [6.07, 6.45) is 0. The van der Waals surface area contributed by atoms with Gasteiger partial charge in [-0.05, 0) is 24.0 Å². The Kier molecular flexibility index (Phi) is 5.70. The van der Waals surface area contributed by atoms with E-state index in [4.69, 9.17) is 4.74 Å². The summed E-state index contributed by atoms with van der Waals surface area (Å²) in [6, 6.07) is 8.44. The average Bonchev–Trinajstić information content (AvgIpc) is 2.30. The molecule has 0 atom stereocenters. The van der Waals surface area contributed by atoms with E-state index in [1.54, 1.807) is 0 Å². The number of carbonyl (C=O) groups excluding carboxylic acids is 1. The van der Waals surface area contributed by atoms with Gasteiger partial charge in [0.1, 0.15) is 0 Å². The molecule has 0 aromatic heterocycles. The third-order valence-electron chi connectivity index (χ3n) is 2.55. The number of ether oxygens (including phenoxy) is 1. The number of carbonyl (C=O) groups is 1. The van der Waals surface area contributed by atoms with Gasteiger partial charge in [-0.1, -0.05) is 38.1 Å². The predicted molar refractivity (Wildman–Crippen MR) is 68.9 cm³/mol. The first kappa shape index (κ1) is 13.7. The number of hydrogen-bond donors (Lipinski definition) is 1. The molecule has 0 amide bonds. The van der Waals surface area contributed by atoms with Crippen molar-refractivity contribution in [3.63, 3.8) is 0 Å². The minimum atomic E-state index is -0.202. The average molecular weight is 235 g/mol. The van der Waals surface area contributed by atoms with Gasteiger partial charge in [0, 0.05) is 6.54 Å². The first-order valence-electron chi connectivity index (χ1n) is 6.08. The van der Waals surface area contributed by atoms with E-state index in [0.717, 1.165) is 0 Å². The Hall–Kier alpha value is -1.35. The molecule has 17 heavy (non-hydrogen) atoms. The molecule has 3 heteroatoms. The normalized spacial score (nSPS) is 10.6. The zero-order valence-corrected chi connectivity index (χ0v) is 10.8. The van der Waals surface area contributed by atoms with Crippen molar-refractivity contribution in [1.29, 1.82) is 0 Å². The molecule has 0 unspecified atom stereocenters. The molecule has 0 heterocycles. The van der Waals surface area contributed by atoms with Crippen LogP contribution in [0.1, 0.15) is 37.8 Å². The van der Waals surface area contributed by atoms with Gasteiger partial charge in [0.2, 0.25) is 0 Å². The Labute approximate surface area is 103 Å². The second kappa shape index (κ2) is 7.07. The fourth-order valence-corrected chi connectivity index (χ4v) is 1.54. The Bertz CT molecular complexity index is 344. The summed E-state index contributed by atoms with van der Waals surface area (Å²) in [4.78, 5) is 11.1. The monoisotopic (exact) mass is 235 g/mol. The lowest BCUT2D eigenvalue weighted by Gasteiger charge is -2.08. The highest BCUT2D eigenvalue weighted by atomic mass is 16.5. The molecule has 1 rings (SSSR count). The van der Waals surface area contributed by atoms with Gasteiger partial charge in [0.15, 0.2) is 0 Å². The van der Waals surface area contributed by atoms with E-state index >= 15 is 0 Å². The van der Waals surface area contributed by atoms with Crippen molar-refractivity contribution < 1.29 is 9.53 Å². The first-order valence-corrected chi connectivity index (χ1v) is 6.08. The van der Waals surface area contributed by atoms with Crippen LogP contribution < -0.4 is 5.32 Å². The van der Waals surface area contributed by atoms with Gasteiger partial charge >= 0.3 is 5.97 Å². The minimum Gasteiger partial charge on any atom is -0.465 e. The molecule has 94 valence electrons. The summed E-state index contributed by atoms with van der Waals surface area (Å²) >= 11 is 0. The highest BCUT2D eigenvalue weighted by molar-refractivity contribution is 5.71. The van der Waals surface area contributed by atoms with Gasteiger partial charge < -0.3 is 10.1 Å². The van der Waals surface area contributed by atoms with E-state index in [1.165, 1.54) is 11.1 Å². The molecule has 1 aromatic carbocycles. The summed E-state index contributed by atoms with van der Waals surface area (Å²) in [6.45, 7) is 7.55. The number of nitrogens with one attached hydrogen (secondary N) is 1. The van der Waals surface area contributed by atoms with Crippen LogP contribution in [0.25, 0.3) is 0 Å². The summed E-state index contributed by atoms with van der Waals surface area (Å²) in [7, 11) is 0. The van der Waals surface area contributed by atoms with Crippen LogP contribution in [0, 0.1) is 0 Å². The molecule has 0 aliphatic heterocycles. The van der Waals surface area contributed by atoms with Gasteiger partial charge in [0.05, 0.1) is 13.2 Å². The molecule has 1 N–H and O–H groups in total. The van der Waals surface area contributed by atoms with Crippen LogP contribution in [-0.2, 0) is 16.1 Å². The maximum absolute atomic E-state index is 11.1. The second-order valence-electron chi connectivity index (χ2n) is 4.30. The predicted octanol–water partition coefficient (Wildman–Crippen LogP) is 2.46. The molecule has 0 saturated heterocycles. The van der Waals surface area contributed by atoms with Crippen molar-refractivity contribution in [1.82, 2.24) is 5.32 Å². The summed E-state index contributed by atoms with van der Waals surface area (Å²) in [5.41, 5.74) is 2.51. The SMILES string of the molecule is CCOC(=O)CNCc1ccc(C(C)C)cc1. The quantitative estimate of drug-likeness (QED) is 0.770. The van der Waals surface area contributed by atoms with Crippen LogP contribution in [0.4, 0.5) is 0 Å². The van der Waals surface area contributed by atoms with E-state index in [1.807, 2.05) is 6.92 Å². The van der Waals surface area contributed by atoms with Crippen molar-refractivity contribution in [2.75, 3.05) is 13.2 Å². The lowest BCUT2D eigenvalue weighted by molar-refractivity contribution is -0.142. The summed E-state index contributed by atoms with van der Waals surface area (Å²) in [5.74, 6) is 0.350. The lowest BCUT2D eigenvalue weighted by atomic mass is 10.0. The third kappa shape index (κ3) is 5.00. The molecular formula is C14H21NO2. The highest BCUT2D eigenvalue weighted by Gasteiger charge is 2.01. The summed E-state index contributed by atoms with van der Waals surface area (Å²) in [5, 5.41) is 3.06. The van der Waals surface area contributed by atoms with E-state index < -0.39 is 0 Å². The van der Waals surface area contributed by atoms with Crippen molar-refractivity contribution in [2.24, 2.45) is 0 Å². The smallest absolute Gasteiger partial charge is 0.319 e. The first-order chi connectivity index (χ1) is 8.13. The zero-order valence-electron chi connectivity index (χ0n) is 10.8. The Morgan fingerprint density at radius 1 is 1.29 bits per heavy atom. The van der Waals surface area contributed by atoms with Crippen LogP contribution in [0.3, 0.4) is 0 Å². The maximum Gasteiger partial charge on any atom is 0.319 e. The van der Waals surface area contributed by atoms with Crippen molar-refractivity contribution >= 4 is 5.97 Å². The largest absolute Gasteiger partial charge is 0.465 e. The van der Waals surface area contributed by atoms with Crippen LogP contribution >= 0.6 is 0 Å². The molecule has 0 aliphatic carbocycles. The van der Waals surface area contributed by atoms with Gasteiger partial charge in [0.25, 0.3) is 0 Å². The van der Waals surface area contributed by atoms with E-state index in [2.05, 4.69) is 43.4 Å². The minimum absolute atomic E-state index is 0.202. The van der Waals surface area contributed by atoms with Gasteiger partial charge in [-0.2, -0.15) is 0 Å². The van der Waals surface area contributed by atoms with E-state index in [0.29, 0.717) is 19.1 Å². The van der Waals surface area contributed by atoms with Crippen LogP contribution in [-0.4, -0.2) is 19.1 Å². The van der Waals surface area contributed by atoms with Gasteiger partial charge in [-0.3, -0.25) is 4.79 Å². The fraction of sp³-hybridized carbons (Fsp3) is 0.500. The summed E-state index contributed by atoms with van der Waals surface area (Å²) < 4.78 is 4.83. The molecule has 0 aliphatic rings. The van der Waals surface area contributed by atoms with E-state index in [-0.39, 0.29) is 12.5 Å². The van der Waals surface area contributed by atoms with Crippen LogP contribution in [0.2, 0.25) is 0 Å². The number of benzene rings is 1. The molecule has 3 nitrogen and oxygen atoms in total. The molecule has 1 aromatic rings. The number of esters is 1. The van der Waals surface area contributed by atoms with Gasteiger partial charge in [-0.25, -0.2) is 0 Å². The standard InChI is InChI=1S/C14H21NO2/c1-4-17-14(16)10-15-9-12-5-7-13(8-6-12)11(2)3/h5-8,11,15H,4,9-10H2,1-3H3. The van der Waals surface area contributed by atoms with Crippen LogP contribution in [0.15, 0.2) is 24.3 Å². The Morgan fingerprint density at radius 3 is 2.47 bits per heavy atom. The molecule has 0 saturated carbocycles. The third-order valence-corrected chi connectivity index (χ3v) is 2.55. The number of hydrogen-bond acceptors (Lipinski definition) is 3. The Morgan fingerprint density at radius 2 is 1.94 bits per heavy atom. The van der Waals surface area contributed by atoms with Crippen molar-refractivity contribution in [3.05, 3.63) is 35.4 Å². The Balaban J connectivity index is 2.35. The topological polar surface area (TPSA) is 38.3 Å². The fourth-order valence-electron chi connectivity index (χ4n) is 1.54. The second-order valence-corrected chi connectivity index (χ2v) is 4.30. The molecular weight excluding hydrogens is 214 g/mol. The van der Waals surface area contributed by atoms with Crippen molar-refractivity contribution in [2.45, 2.75) is 33.2 Å². The lowest BCUT2D eigenvalue weighted by Crippen LogP contribution is -2.24.